The molecule has 1 saturated heterocycles. The molecule has 1 aliphatic heterocycles. The molecule has 0 radical (unpaired) electrons. The van der Waals surface area contributed by atoms with Crippen LogP contribution in [0.5, 0.6) is 11.5 Å². The van der Waals surface area contributed by atoms with Crippen LogP contribution in [0.25, 0.3) is 6.08 Å². The van der Waals surface area contributed by atoms with Gasteiger partial charge in [0.2, 0.25) is 0 Å². The van der Waals surface area contributed by atoms with Crippen LogP contribution in [0.4, 0.5) is 10.1 Å². The van der Waals surface area contributed by atoms with Gasteiger partial charge in [0, 0.05) is 5.56 Å². The van der Waals surface area contributed by atoms with Gasteiger partial charge in [0.15, 0.2) is 4.32 Å². The number of nitrogens with zero attached hydrogens (tertiary/aromatic N) is 1. The van der Waals surface area contributed by atoms with Gasteiger partial charge in [-0.15, -0.1) is 0 Å². The van der Waals surface area contributed by atoms with E-state index in [0.29, 0.717) is 44.6 Å². The zero-order chi connectivity index (χ0) is 22.5. The zero-order valence-corrected chi connectivity index (χ0v) is 19.1. The molecule has 0 aliphatic carbocycles. The molecule has 32 heavy (non-hydrogen) atoms. The Morgan fingerprint density at radius 2 is 1.56 bits per heavy atom. The predicted octanol–water partition coefficient (Wildman–Crippen LogP) is 6.34. The molecule has 8 heteroatoms. The van der Waals surface area contributed by atoms with E-state index in [2.05, 4.69) is 0 Å². The van der Waals surface area contributed by atoms with Gasteiger partial charge in [-0.1, -0.05) is 65.9 Å². The maximum Gasteiger partial charge on any atom is 0.270 e. The molecule has 0 spiro atoms. The molecule has 4 nitrogen and oxygen atoms in total. The molecule has 0 unspecified atom stereocenters. The summed E-state index contributed by atoms with van der Waals surface area (Å²) in [5, 5.41) is 0.538. The number of halogens is 2. The van der Waals surface area contributed by atoms with E-state index in [1.54, 1.807) is 18.2 Å². The smallest absolute Gasteiger partial charge is 0.270 e. The quantitative estimate of drug-likeness (QED) is 0.222. The number of hydrogen-bond acceptors (Lipinski definition) is 5. The minimum atomic E-state index is -0.376. The number of thioether (sulfide) groups is 1. The van der Waals surface area contributed by atoms with Crippen LogP contribution in [0.3, 0.4) is 0 Å². The van der Waals surface area contributed by atoms with Gasteiger partial charge in [-0.2, -0.15) is 0 Å². The standard InChI is InChI=1S/C24H17ClFNO3S2/c25-19-6-2-4-8-21(19)30-14-13-29-20-7-3-1-5-16(20)15-22-23(28)27(24(31)32-22)18-11-9-17(26)10-12-18/h1-12,15H,13-14H2. The van der Waals surface area contributed by atoms with E-state index < -0.39 is 0 Å². The van der Waals surface area contributed by atoms with Crippen LogP contribution in [0.2, 0.25) is 5.02 Å². The molecule has 1 fully saturated rings. The van der Waals surface area contributed by atoms with E-state index in [0.717, 1.165) is 5.56 Å². The molecular formula is C24H17ClFNO3S2. The number of carbonyl (C=O) groups excluding carboxylic acids is 1. The van der Waals surface area contributed by atoms with Gasteiger partial charge in [0.05, 0.1) is 15.6 Å². The number of carbonyl (C=O) groups is 1. The van der Waals surface area contributed by atoms with Crippen molar-refractivity contribution in [3.63, 3.8) is 0 Å². The van der Waals surface area contributed by atoms with Gasteiger partial charge >= 0.3 is 0 Å². The van der Waals surface area contributed by atoms with Crippen molar-refractivity contribution < 1.29 is 18.7 Å². The second-order valence-electron chi connectivity index (χ2n) is 6.66. The summed E-state index contributed by atoms with van der Waals surface area (Å²) in [6.07, 6.45) is 1.74. The third-order valence-corrected chi connectivity index (χ3v) is 6.13. The van der Waals surface area contributed by atoms with E-state index in [-0.39, 0.29) is 11.7 Å². The normalized spacial score (nSPS) is 14.8. The summed E-state index contributed by atoms with van der Waals surface area (Å²) in [7, 11) is 0. The fourth-order valence-corrected chi connectivity index (χ4v) is 4.50. The van der Waals surface area contributed by atoms with Crippen molar-refractivity contribution in [1.29, 1.82) is 0 Å². The van der Waals surface area contributed by atoms with Gasteiger partial charge in [-0.05, 0) is 48.5 Å². The number of rotatable bonds is 7. The molecule has 3 aromatic carbocycles. The fraction of sp³-hybridized carbons (Fsp3) is 0.0833. The summed E-state index contributed by atoms with van der Waals surface area (Å²) in [5.74, 6) is 0.570. The van der Waals surface area contributed by atoms with Crippen molar-refractivity contribution >= 4 is 57.6 Å². The maximum absolute atomic E-state index is 13.2. The van der Waals surface area contributed by atoms with Gasteiger partial charge in [0.25, 0.3) is 5.91 Å². The number of amides is 1. The van der Waals surface area contributed by atoms with E-state index in [9.17, 15) is 9.18 Å². The van der Waals surface area contributed by atoms with Crippen LogP contribution < -0.4 is 14.4 Å². The first-order chi connectivity index (χ1) is 15.5. The number of benzene rings is 3. The van der Waals surface area contributed by atoms with Gasteiger partial charge < -0.3 is 9.47 Å². The molecule has 1 heterocycles. The first-order valence-electron chi connectivity index (χ1n) is 9.65. The highest BCUT2D eigenvalue weighted by molar-refractivity contribution is 8.27. The van der Waals surface area contributed by atoms with Gasteiger partial charge in [-0.3, -0.25) is 9.69 Å². The van der Waals surface area contributed by atoms with Crippen LogP contribution >= 0.6 is 35.6 Å². The van der Waals surface area contributed by atoms with Crippen LogP contribution in [0.1, 0.15) is 5.56 Å². The summed E-state index contributed by atoms with van der Waals surface area (Å²) in [5.41, 5.74) is 1.27. The summed E-state index contributed by atoms with van der Waals surface area (Å²) in [6.45, 7) is 0.608. The maximum atomic E-state index is 13.2. The summed E-state index contributed by atoms with van der Waals surface area (Å²) < 4.78 is 25.2. The van der Waals surface area contributed by atoms with Crippen molar-refractivity contribution in [2.75, 3.05) is 18.1 Å². The number of para-hydroxylation sites is 2. The van der Waals surface area contributed by atoms with E-state index >= 15 is 0 Å². The van der Waals surface area contributed by atoms with Gasteiger partial charge in [-0.25, -0.2) is 4.39 Å². The molecule has 4 rings (SSSR count). The largest absolute Gasteiger partial charge is 0.489 e. The molecule has 1 amide bonds. The highest BCUT2D eigenvalue weighted by Gasteiger charge is 2.33. The Labute approximate surface area is 199 Å². The Morgan fingerprint density at radius 3 is 2.28 bits per heavy atom. The molecule has 1 aliphatic rings. The Bertz CT molecular complexity index is 1180. The molecule has 0 bridgehead atoms. The molecule has 3 aromatic rings. The molecule has 162 valence electrons. The molecule has 0 saturated carbocycles. The summed E-state index contributed by atoms with van der Waals surface area (Å²) >= 11 is 12.7. The van der Waals surface area contributed by atoms with Crippen LogP contribution in [-0.4, -0.2) is 23.4 Å². The minimum Gasteiger partial charge on any atom is -0.489 e. The second kappa shape index (κ2) is 10.2. The van der Waals surface area contributed by atoms with Crippen molar-refractivity contribution in [2.45, 2.75) is 0 Å². The summed E-state index contributed by atoms with van der Waals surface area (Å²) in [4.78, 5) is 14.8. The SMILES string of the molecule is O=C1C(=Cc2ccccc2OCCOc2ccccc2Cl)SC(=S)N1c1ccc(F)cc1. The lowest BCUT2D eigenvalue weighted by molar-refractivity contribution is -0.113. The third-order valence-electron chi connectivity index (χ3n) is 4.52. The third kappa shape index (κ3) is 5.12. The molecule has 0 atom stereocenters. The Morgan fingerprint density at radius 1 is 0.938 bits per heavy atom. The molecule has 0 aromatic heterocycles. The van der Waals surface area contributed by atoms with Crippen LogP contribution in [0.15, 0.2) is 77.7 Å². The zero-order valence-electron chi connectivity index (χ0n) is 16.7. The monoisotopic (exact) mass is 485 g/mol. The topological polar surface area (TPSA) is 38.8 Å². The lowest BCUT2D eigenvalue weighted by Gasteiger charge is -2.14. The van der Waals surface area contributed by atoms with Crippen molar-refractivity contribution in [3.8, 4) is 11.5 Å². The Balaban J connectivity index is 1.45. The highest BCUT2D eigenvalue weighted by atomic mass is 35.5. The highest BCUT2D eigenvalue weighted by Crippen LogP contribution is 2.37. The van der Waals surface area contributed by atoms with Crippen molar-refractivity contribution in [3.05, 3.63) is 94.1 Å². The fourth-order valence-electron chi connectivity index (χ4n) is 3.02. The Kier molecular flexibility index (Phi) is 7.09. The van der Waals surface area contributed by atoms with Gasteiger partial charge in [0.1, 0.15) is 30.5 Å². The van der Waals surface area contributed by atoms with Crippen LogP contribution in [0, 0.1) is 5.82 Å². The number of anilines is 1. The van der Waals surface area contributed by atoms with Crippen molar-refractivity contribution in [1.82, 2.24) is 0 Å². The number of thiocarbonyl (C=S) groups is 1. The lowest BCUT2D eigenvalue weighted by atomic mass is 10.2. The van der Waals surface area contributed by atoms with E-state index in [4.69, 9.17) is 33.3 Å². The van der Waals surface area contributed by atoms with E-state index in [1.165, 1.54) is 40.9 Å². The number of hydrogen-bond donors (Lipinski definition) is 0. The van der Waals surface area contributed by atoms with Crippen molar-refractivity contribution in [2.24, 2.45) is 0 Å². The van der Waals surface area contributed by atoms with Crippen LogP contribution in [-0.2, 0) is 4.79 Å². The number of ether oxygens (including phenoxy) is 2. The minimum absolute atomic E-state index is 0.261. The average Bonchev–Trinajstić information content (AvgIpc) is 3.07. The predicted molar refractivity (Wildman–Crippen MR) is 131 cm³/mol. The lowest BCUT2D eigenvalue weighted by Crippen LogP contribution is -2.27. The first-order valence-corrected chi connectivity index (χ1v) is 11.3. The Hall–Kier alpha value is -2.87. The average molecular weight is 486 g/mol. The molecular weight excluding hydrogens is 469 g/mol. The first kappa shape index (κ1) is 22.3. The second-order valence-corrected chi connectivity index (χ2v) is 8.74. The van der Waals surface area contributed by atoms with E-state index in [1.807, 2.05) is 36.4 Å². The summed E-state index contributed by atoms with van der Waals surface area (Å²) in [6, 6.07) is 20.3. The molecule has 0 N–H and O–H groups in total.